The number of carbonyl (C=O) groups excluding carboxylic acids is 1. The van der Waals surface area contributed by atoms with Crippen LogP contribution in [0.5, 0.6) is 0 Å². The Morgan fingerprint density at radius 1 is 1.53 bits per heavy atom. The highest BCUT2D eigenvalue weighted by Crippen LogP contribution is 2.60. The number of aliphatic hydroxyl groups is 1. The van der Waals surface area contributed by atoms with E-state index in [1.807, 2.05) is 0 Å². The van der Waals surface area contributed by atoms with Crippen LogP contribution in [-0.2, 0) is 9.53 Å². The molecule has 0 amide bonds. The Morgan fingerprint density at radius 2 is 2.26 bits per heavy atom. The Bertz CT molecular complexity index is 579. The molecule has 4 aliphatic rings. The molecule has 3 fully saturated rings. The molecule has 0 unspecified atom stereocenters. The standard InChI is InChI=1S/C16H16O3/c1-8(2)5-6-16-14(18)12-10-4-3-9(7-10)11(12)13(17)15(16)19-16/h3-4,9-13,15,17H,1,7H2,2H3/t9-,10+,11-,12+,13-,15+,16-/m0/s1. The largest absolute Gasteiger partial charge is 0.390 e. The fraction of sp³-hybridized carbons (Fsp3) is 0.562. The first-order valence-corrected chi connectivity index (χ1v) is 6.82. The van der Waals surface area contributed by atoms with Crippen molar-refractivity contribution in [2.75, 3.05) is 0 Å². The minimum absolute atomic E-state index is 0.0368. The van der Waals surface area contributed by atoms with E-state index in [0.717, 1.165) is 6.42 Å². The number of hydrogen-bond donors (Lipinski definition) is 1. The molecule has 2 saturated carbocycles. The van der Waals surface area contributed by atoms with Crippen LogP contribution >= 0.6 is 0 Å². The third kappa shape index (κ3) is 1.29. The first-order chi connectivity index (χ1) is 9.04. The van der Waals surface area contributed by atoms with Crippen molar-refractivity contribution in [1.29, 1.82) is 0 Å². The number of fused-ring (bicyclic) bond motifs is 6. The second-order valence-electron chi connectivity index (χ2n) is 6.21. The maximum Gasteiger partial charge on any atom is 0.216 e. The lowest BCUT2D eigenvalue weighted by Crippen LogP contribution is -2.50. The van der Waals surface area contributed by atoms with Crippen LogP contribution in [0.25, 0.3) is 0 Å². The van der Waals surface area contributed by atoms with Gasteiger partial charge in [-0.3, -0.25) is 4.79 Å². The van der Waals surface area contributed by atoms with Gasteiger partial charge in [0.25, 0.3) is 0 Å². The highest BCUT2D eigenvalue weighted by Gasteiger charge is 2.74. The van der Waals surface area contributed by atoms with E-state index in [4.69, 9.17) is 4.74 Å². The number of epoxide rings is 1. The molecule has 3 nitrogen and oxygen atoms in total. The van der Waals surface area contributed by atoms with Crippen molar-refractivity contribution in [1.82, 2.24) is 0 Å². The van der Waals surface area contributed by atoms with Crippen molar-refractivity contribution in [3.63, 3.8) is 0 Å². The Labute approximate surface area is 112 Å². The van der Waals surface area contributed by atoms with Crippen molar-refractivity contribution in [2.45, 2.75) is 31.2 Å². The van der Waals surface area contributed by atoms with Gasteiger partial charge in [0.1, 0.15) is 6.10 Å². The van der Waals surface area contributed by atoms with Gasteiger partial charge in [0.05, 0.1) is 6.10 Å². The van der Waals surface area contributed by atoms with E-state index in [0.29, 0.717) is 11.5 Å². The van der Waals surface area contributed by atoms with Crippen LogP contribution in [0.3, 0.4) is 0 Å². The summed E-state index contributed by atoms with van der Waals surface area (Å²) in [5, 5.41) is 10.5. The summed E-state index contributed by atoms with van der Waals surface area (Å²) in [5.41, 5.74) is -0.335. The minimum atomic E-state index is -1.04. The van der Waals surface area contributed by atoms with Gasteiger partial charge in [-0.15, -0.1) is 0 Å². The fourth-order valence-electron chi connectivity index (χ4n) is 4.18. The molecular weight excluding hydrogens is 240 g/mol. The second-order valence-corrected chi connectivity index (χ2v) is 6.21. The van der Waals surface area contributed by atoms with Gasteiger partial charge in [-0.1, -0.05) is 30.6 Å². The molecule has 98 valence electrons. The molecule has 1 aliphatic heterocycles. The number of carbonyl (C=O) groups is 1. The summed E-state index contributed by atoms with van der Waals surface area (Å²) in [5.74, 6) is 6.39. The summed E-state index contributed by atoms with van der Waals surface area (Å²) < 4.78 is 5.56. The third-order valence-electron chi connectivity index (χ3n) is 5.01. The minimum Gasteiger partial charge on any atom is -0.390 e. The maximum atomic E-state index is 12.7. The van der Waals surface area contributed by atoms with E-state index >= 15 is 0 Å². The molecule has 3 aliphatic carbocycles. The van der Waals surface area contributed by atoms with E-state index in [1.54, 1.807) is 6.92 Å². The summed E-state index contributed by atoms with van der Waals surface area (Å²) in [6.45, 7) is 5.52. The molecule has 0 aromatic heterocycles. The predicted octanol–water partition coefficient (Wildman–Crippen LogP) is 1.09. The number of rotatable bonds is 0. The van der Waals surface area contributed by atoms with Crippen molar-refractivity contribution in [2.24, 2.45) is 23.7 Å². The van der Waals surface area contributed by atoms with Crippen molar-refractivity contribution >= 4 is 5.78 Å². The van der Waals surface area contributed by atoms with Gasteiger partial charge in [-0.25, -0.2) is 0 Å². The zero-order valence-corrected chi connectivity index (χ0v) is 10.8. The quantitative estimate of drug-likeness (QED) is 0.401. The van der Waals surface area contributed by atoms with Crippen LogP contribution in [-0.4, -0.2) is 28.7 Å². The van der Waals surface area contributed by atoms with Gasteiger partial charge < -0.3 is 9.84 Å². The van der Waals surface area contributed by atoms with E-state index in [9.17, 15) is 9.90 Å². The third-order valence-corrected chi connectivity index (χ3v) is 5.01. The molecular formula is C16H16O3. The number of ether oxygens (including phenoxy) is 1. The van der Waals surface area contributed by atoms with Crippen LogP contribution in [0, 0.1) is 35.5 Å². The molecule has 3 heteroatoms. The van der Waals surface area contributed by atoms with Gasteiger partial charge in [-0.2, -0.15) is 0 Å². The lowest BCUT2D eigenvalue weighted by Gasteiger charge is -2.34. The van der Waals surface area contributed by atoms with Crippen LogP contribution in [0.2, 0.25) is 0 Å². The number of aliphatic hydroxyl groups excluding tert-OH is 1. The summed E-state index contributed by atoms with van der Waals surface area (Å²) >= 11 is 0. The monoisotopic (exact) mass is 256 g/mol. The van der Waals surface area contributed by atoms with E-state index < -0.39 is 17.8 Å². The number of allylic oxidation sites excluding steroid dienone is 3. The molecule has 19 heavy (non-hydrogen) atoms. The molecule has 7 atom stereocenters. The van der Waals surface area contributed by atoms with Crippen LogP contribution in [0.1, 0.15) is 13.3 Å². The fourth-order valence-corrected chi connectivity index (χ4v) is 4.18. The van der Waals surface area contributed by atoms with Crippen LogP contribution in [0.4, 0.5) is 0 Å². The van der Waals surface area contributed by atoms with Gasteiger partial charge >= 0.3 is 0 Å². The smallest absolute Gasteiger partial charge is 0.216 e. The zero-order chi connectivity index (χ0) is 13.4. The number of ketones is 1. The normalized spacial score (nSPS) is 52.2. The highest BCUT2D eigenvalue weighted by atomic mass is 16.6. The predicted molar refractivity (Wildman–Crippen MR) is 68.9 cm³/mol. The summed E-state index contributed by atoms with van der Waals surface area (Å²) in [6.07, 6.45) is 4.27. The second kappa shape index (κ2) is 3.39. The molecule has 1 heterocycles. The van der Waals surface area contributed by atoms with E-state index in [1.165, 1.54) is 0 Å². The van der Waals surface area contributed by atoms with Gasteiger partial charge in [0, 0.05) is 11.8 Å². The van der Waals surface area contributed by atoms with Gasteiger partial charge in [0.2, 0.25) is 5.60 Å². The van der Waals surface area contributed by atoms with Gasteiger partial charge in [0.15, 0.2) is 5.78 Å². The molecule has 1 N–H and O–H groups in total. The Morgan fingerprint density at radius 3 is 3.00 bits per heavy atom. The summed E-state index contributed by atoms with van der Waals surface area (Å²) in [4.78, 5) is 12.7. The average Bonchev–Trinajstić information content (AvgIpc) is 2.77. The van der Waals surface area contributed by atoms with Gasteiger partial charge in [-0.05, 0) is 30.8 Å². The molecule has 0 radical (unpaired) electrons. The molecule has 2 bridgehead atoms. The lowest BCUT2D eigenvalue weighted by molar-refractivity contribution is -0.131. The molecule has 4 rings (SSSR count). The van der Waals surface area contributed by atoms with Crippen LogP contribution in [0.15, 0.2) is 24.3 Å². The SMILES string of the molecule is C=C(C)C#C[C@@]12O[C@@H]1[C@@H](O)[C@@H]1[C@H](C2=O)[C@@H]2C=C[C@H]1C2. The Hall–Kier alpha value is -1.37. The van der Waals surface area contributed by atoms with E-state index in [-0.39, 0.29) is 23.5 Å². The highest BCUT2D eigenvalue weighted by molar-refractivity contribution is 5.98. The lowest BCUT2D eigenvalue weighted by atomic mass is 9.67. The van der Waals surface area contributed by atoms with E-state index in [2.05, 4.69) is 30.6 Å². The first kappa shape index (κ1) is 11.5. The summed E-state index contributed by atoms with van der Waals surface area (Å²) in [6, 6.07) is 0. The average molecular weight is 256 g/mol. The van der Waals surface area contributed by atoms with Crippen molar-refractivity contribution < 1.29 is 14.6 Å². The van der Waals surface area contributed by atoms with Crippen molar-refractivity contribution in [3.05, 3.63) is 24.3 Å². The van der Waals surface area contributed by atoms with Crippen molar-refractivity contribution in [3.8, 4) is 11.8 Å². The Balaban J connectivity index is 1.74. The summed E-state index contributed by atoms with van der Waals surface area (Å²) in [7, 11) is 0. The molecule has 0 spiro atoms. The zero-order valence-electron chi connectivity index (χ0n) is 10.8. The number of Topliss-reactive ketones (excluding diaryl/α,β-unsaturated/α-hetero) is 1. The molecule has 0 aromatic rings. The first-order valence-electron chi connectivity index (χ1n) is 6.82. The molecule has 0 aromatic carbocycles. The molecule has 1 saturated heterocycles. The van der Waals surface area contributed by atoms with Crippen LogP contribution < -0.4 is 0 Å². The number of hydrogen-bond acceptors (Lipinski definition) is 3. The topological polar surface area (TPSA) is 49.8 Å². The maximum absolute atomic E-state index is 12.7. The Kier molecular flexibility index (Phi) is 2.04.